The van der Waals surface area contributed by atoms with Crippen molar-refractivity contribution >= 4 is 11.9 Å². The van der Waals surface area contributed by atoms with Crippen LogP contribution >= 0.6 is 0 Å². The van der Waals surface area contributed by atoms with Crippen LogP contribution in [0.2, 0.25) is 0 Å². The van der Waals surface area contributed by atoms with E-state index in [-0.39, 0.29) is 23.8 Å². The van der Waals surface area contributed by atoms with Gasteiger partial charge in [0.05, 0.1) is 17.0 Å². The van der Waals surface area contributed by atoms with Crippen molar-refractivity contribution in [2.45, 2.75) is 33.1 Å². The third-order valence-corrected chi connectivity index (χ3v) is 3.49. The van der Waals surface area contributed by atoms with Crippen LogP contribution in [0.1, 0.15) is 43.9 Å². The van der Waals surface area contributed by atoms with E-state index in [1.807, 2.05) is 20.8 Å². The Morgan fingerprint density at radius 3 is 2.54 bits per heavy atom. The van der Waals surface area contributed by atoms with Crippen molar-refractivity contribution in [1.82, 2.24) is 15.5 Å². The smallest absolute Gasteiger partial charge is 0.308 e. The van der Waals surface area contributed by atoms with Crippen LogP contribution < -0.4 is 5.32 Å². The van der Waals surface area contributed by atoms with Crippen LogP contribution in [-0.4, -0.2) is 33.7 Å². The number of aromatic nitrogens is 2. The average molecular weight is 331 g/mol. The number of nitrogens with zero attached hydrogens (tertiary/aromatic N) is 2. The number of carbonyl (C=O) groups is 2. The first-order valence-electron chi connectivity index (χ1n) is 7.64. The van der Waals surface area contributed by atoms with Gasteiger partial charge in [0.1, 0.15) is 0 Å². The van der Waals surface area contributed by atoms with Crippen molar-refractivity contribution < 1.29 is 19.2 Å². The van der Waals surface area contributed by atoms with Gasteiger partial charge in [0, 0.05) is 12.0 Å². The van der Waals surface area contributed by atoms with E-state index in [0.29, 0.717) is 17.0 Å². The molecule has 0 fully saturated rings. The van der Waals surface area contributed by atoms with Gasteiger partial charge in [-0.15, -0.1) is 0 Å². The molecule has 0 bridgehead atoms. The number of rotatable bonds is 5. The predicted octanol–water partition coefficient (Wildman–Crippen LogP) is 2.48. The highest BCUT2D eigenvalue weighted by atomic mass is 16.5. The molecule has 0 saturated carbocycles. The molecule has 1 aromatic heterocycles. The Labute approximate surface area is 140 Å². The summed E-state index contributed by atoms with van der Waals surface area (Å²) in [5.41, 5.74) is 0.607. The van der Waals surface area contributed by atoms with E-state index in [0.717, 1.165) is 0 Å². The Balaban J connectivity index is 2.26. The van der Waals surface area contributed by atoms with Gasteiger partial charge >= 0.3 is 5.97 Å². The van der Waals surface area contributed by atoms with Crippen LogP contribution in [0.5, 0.6) is 0 Å². The van der Waals surface area contributed by atoms with Crippen molar-refractivity contribution in [2.24, 2.45) is 5.92 Å². The molecule has 0 spiro atoms. The van der Waals surface area contributed by atoms with Gasteiger partial charge < -0.3 is 14.9 Å². The zero-order valence-electron chi connectivity index (χ0n) is 14.2. The van der Waals surface area contributed by atoms with Crippen molar-refractivity contribution in [1.29, 1.82) is 0 Å². The number of hydrogen-bond donors (Lipinski definition) is 2. The second kappa shape index (κ2) is 6.82. The Kier molecular flexibility index (Phi) is 5.02. The number of carboxylic acids is 1. The molecule has 2 rings (SSSR count). The summed E-state index contributed by atoms with van der Waals surface area (Å²) in [6.45, 7) is 7.47. The highest BCUT2D eigenvalue weighted by molar-refractivity contribution is 6.00. The second-order valence-electron chi connectivity index (χ2n) is 6.67. The normalized spacial score (nSPS) is 12.7. The molecule has 128 valence electrons. The molecule has 0 aliphatic rings. The second-order valence-corrected chi connectivity index (χ2v) is 6.67. The highest BCUT2D eigenvalue weighted by Crippen LogP contribution is 2.26. The van der Waals surface area contributed by atoms with Crippen molar-refractivity contribution in [3.63, 3.8) is 0 Å². The quantitative estimate of drug-likeness (QED) is 0.872. The fourth-order valence-corrected chi connectivity index (χ4v) is 1.93. The molecule has 1 aromatic carbocycles. The molecular formula is C17H21N3O4. The van der Waals surface area contributed by atoms with Crippen LogP contribution in [0.25, 0.3) is 11.5 Å². The zero-order valence-corrected chi connectivity index (χ0v) is 14.2. The van der Waals surface area contributed by atoms with E-state index in [9.17, 15) is 9.59 Å². The molecule has 2 N–H and O–H groups in total. The number of nitrogens with one attached hydrogen (secondary N) is 1. The summed E-state index contributed by atoms with van der Waals surface area (Å²) >= 11 is 0. The summed E-state index contributed by atoms with van der Waals surface area (Å²) in [5, 5.41) is 15.5. The molecule has 7 heteroatoms. The van der Waals surface area contributed by atoms with Gasteiger partial charge in [-0.3, -0.25) is 9.59 Å². The predicted molar refractivity (Wildman–Crippen MR) is 87.6 cm³/mol. The Morgan fingerprint density at radius 1 is 1.29 bits per heavy atom. The third kappa shape index (κ3) is 3.98. The lowest BCUT2D eigenvalue weighted by Crippen LogP contribution is -2.31. The van der Waals surface area contributed by atoms with Gasteiger partial charge in [0.25, 0.3) is 11.8 Å². The monoisotopic (exact) mass is 331 g/mol. The minimum absolute atomic E-state index is 0.0412. The number of benzene rings is 1. The van der Waals surface area contributed by atoms with Gasteiger partial charge in [-0.2, -0.15) is 4.98 Å². The van der Waals surface area contributed by atoms with E-state index >= 15 is 0 Å². The maximum absolute atomic E-state index is 12.4. The number of carbonyl (C=O) groups excluding carboxylic acids is 1. The summed E-state index contributed by atoms with van der Waals surface area (Å²) in [4.78, 5) is 27.6. The Hall–Kier alpha value is -2.70. The fraction of sp³-hybridized carbons (Fsp3) is 0.412. The summed E-state index contributed by atoms with van der Waals surface area (Å²) in [5.74, 6) is -1.20. The SMILES string of the molecule is CC(CNC(=O)c1ccccc1-c1nc(C(C)(C)C)no1)C(=O)O. The van der Waals surface area contributed by atoms with Gasteiger partial charge in [-0.25, -0.2) is 0 Å². The van der Waals surface area contributed by atoms with Gasteiger partial charge in [-0.05, 0) is 12.1 Å². The fourth-order valence-electron chi connectivity index (χ4n) is 1.93. The van der Waals surface area contributed by atoms with E-state index in [2.05, 4.69) is 15.5 Å². The van der Waals surface area contributed by atoms with E-state index < -0.39 is 11.9 Å². The molecule has 0 aliphatic heterocycles. The highest BCUT2D eigenvalue weighted by Gasteiger charge is 2.24. The Bertz CT molecular complexity index is 746. The van der Waals surface area contributed by atoms with Gasteiger partial charge in [0.2, 0.25) is 0 Å². The first kappa shape index (κ1) is 17.7. The maximum atomic E-state index is 12.4. The number of aliphatic carboxylic acids is 1. The number of carboxylic acid groups (broad SMARTS) is 1. The molecular weight excluding hydrogens is 310 g/mol. The van der Waals surface area contributed by atoms with E-state index in [4.69, 9.17) is 9.63 Å². The van der Waals surface area contributed by atoms with Crippen molar-refractivity contribution in [3.05, 3.63) is 35.7 Å². The zero-order chi connectivity index (χ0) is 17.9. The van der Waals surface area contributed by atoms with Crippen LogP contribution in [0.4, 0.5) is 0 Å². The van der Waals surface area contributed by atoms with Crippen LogP contribution in [0, 0.1) is 5.92 Å². The van der Waals surface area contributed by atoms with Crippen LogP contribution in [0.3, 0.4) is 0 Å². The summed E-state index contributed by atoms with van der Waals surface area (Å²) < 4.78 is 5.30. The molecule has 1 atom stereocenters. The number of hydrogen-bond acceptors (Lipinski definition) is 5. The number of amides is 1. The maximum Gasteiger partial charge on any atom is 0.308 e. The van der Waals surface area contributed by atoms with E-state index in [1.54, 1.807) is 24.3 Å². The lowest BCUT2D eigenvalue weighted by Gasteiger charge is -2.11. The molecule has 0 aliphatic carbocycles. The minimum atomic E-state index is -0.963. The summed E-state index contributed by atoms with van der Waals surface area (Å²) in [6, 6.07) is 6.85. The lowest BCUT2D eigenvalue weighted by molar-refractivity contribution is -0.140. The van der Waals surface area contributed by atoms with Crippen LogP contribution in [0.15, 0.2) is 28.8 Å². The molecule has 1 unspecified atom stereocenters. The Morgan fingerprint density at radius 2 is 1.96 bits per heavy atom. The van der Waals surface area contributed by atoms with Crippen molar-refractivity contribution in [2.75, 3.05) is 6.54 Å². The molecule has 2 aromatic rings. The minimum Gasteiger partial charge on any atom is -0.481 e. The standard InChI is InChI=1S/C17H21N3O4/c1-10(15(22)23)9-18-13(21)11-7-5-6-8-12(11)14-19-16(20-24-14)17(2,3)4/h5-8,10H,9H2,1-4H3,(H,18,21)(H,22,23). The van der Waals surface area contributed by atoms with E-state index in [1.165, 1.54) is 6.92 Å². The van der Waals surface area contributed by atoms with Gasteiger partial charge in [-0.1, -0.05) is 45.0 Å². The first-order chi connectivity index (χ1) is 11.2. The molecule has 24 heavy (non-hydrogen) atoms. The van der Waals surface area contributed by atoms with Gasteiger partial charge in [0.15, 0.2) is 5.82 Å². The lowest BCUT2D eigenvalue weighted by atomic mass is 9.96. The largest absolute Gasteiger partial charge is 0.481 e. The van der Waals surface area contributed by atoms with Crippen molar-refractivity contribution in [3.8, 4) is 11.5 Å². The molecule has 7 nitrogen and oxygen atoms in total. The topological polar surface area (TPSA) is 105 Å². The summed E-state index contributed by atoms with van der Waals surface area (Å²) in [6.07, 6.45) is 0. The molecule has 0 saturated heterocycles. The first-order valence-corrected chi connectivity index (χ1v) is 7.64. The van der Waals surface area contributed by atoms with Crippen LogP contribution in [-0.2, 0) is 10.2 Å². The molecule has 0 radical (unpaired) electrons. The third-order valence-electron chi connectivity index (χ3n) is 3.49. The summed E-state index contributed by atoms with van der Waals surface area (Å²) in [7, 11) is 0. The molecule has 1 amide bonds. The molecule has 1 heterocycles. The average Bonchev–Trinajstić information content (AvgIpc) is 3.02.